The maximum absolute atomic E-state index is 13.2. The zero-order chi connectivity index (χ0) is 23.7. The van der Waals surface area contributed by atoms with Gasteiger partial charge in [0.1, 0.15) is 11.9 Å². The predicted octanol–water partition coefficient (Wildman–Crippen LogP) is 2.46. The van der Waals surface area contributed by atoms with Crippen molar-refractivity contribution < 1.29 is 19.1 Å². The van der Waals surface area contributed by atoms with E-state index in [4.69, 9.17) is 9.47 Å². The molecule has 176 valence electrons. The Hall–Kier alpha value is -3.72. The first-order valence-corrected chi connectivity index (χ1v) is 11.4. The predicted molar refractivity (Wildman–Crippen MR) is 124 cm³/mol. The van der Waals surface area contributed by atoms with Crippen LogP contribution in [0, 0.1) is 6.92 Å². The molecule has 9 heteroatoms. The highest BCUT2D eigenvalue weighted by atomic mass is 16.5. The summed E-state index contributed by atoms with van der Waals surface area (Å²) in [5.41, 5.74) is 3.81. The molecule has 0 bridgehead atoms. The number of fused-ring (bicyclic) bond motifs is 1. The third-order valence-corrected chi connectivity index (χ3v) is 6.44. The number of ether oxygens (including phenoxy) is 2. The summed E-state index contributed by atoms with van der Waals surface area (Å²) < 4.78 is 13.0. The molecule has 3 aromatic rings. The van der Waals surface area contributed by atoms with Crippen molar-refractivity contribution in [2.75, 3.05) is 33.3 Å². The van der Waals surface area contributed by atoms with Crippen LogP contribution in [0.1, 0.15) is 43.8 Å². The quantitative estimate of drug-likeness (QED) is 0.593. The number of aromatic nitrogens is 3. The second-order valence-electron chi connectivity index (χ2n) is 8.59. The lowest BCUT2D eigenvalue weighted by atomic mass is 10.1. The van der Waals surface area contributed by atoms with Crippen LogP contribution in [0.15, 0.2) is 48.5 Å². The summed E-state index contributed by atoms with van der Waals surface area (Å²) in [5.74, 6) is 0.607. The van der Waals surface area contributed by atoms with Gasteiger partial charge in [0.05, 0.1) is 26.0 Å². The lowest BCUT2D eigenvalue weighted by molar-refractivity contribution is -0.00204. The molecular formula is C25H27N5O4. The van der Waals surface area contributed by atoms with Crippen LogP contribution >= 0.6 is 0 Å². The van der Waals surface area contributed by atoms with Crippen molar-refractivity contribution in [2.45, 2.75) is 26.2 Å². The molecule has 0 spiro atoms. The molecule has 1 fully saturated rings. The van der Waals surface area contributed by atoms with Crippen LogP contribution in [-0.2, 0) is 17.9 Å². The minimum absolute atomic E-state index is 0.00823. The van der Waals surface area contributed by atoms with Gasteiger partial charge in [0, 0.05) is 31.7 Å². The van der Waals surface area contributed by atoms with Crippen LogP contribution in [0.3, 0.4) is 0 Å². The Morgan fingerprint density at radius 1 is 0.941 bits per heavy atom. The highest BCUT2D eigenvalue weighted by Gasteiger charge is 2.32. The largest absolute Gasteiger partial charge is 0.497 e. The van der Waals surface area contributed by atoms with Gasteiger partial charge in [-0.05, 0) is 36.8 Å². The third-order valence-electron chi connectivity index (χ3n) is 6.44. The Kier molecular flexibility index (Phi) is 6.02. The van der Waals surface area contributed by atoms with Crippen molar-refractivity contribution in [3.05, 3.63) is 76.6 Å². The van der Waals surface area contributed by atoms with Gasteiger partial charge in [-0.3, -0.25) is 9.59 Å². The van der Waals surface area contributed by atoms with E-state index in [1.165, 1.54) is 0 Å². The van der Waals surface area contributed by atoms with E-state index in [1.54, 1.807) is 21.6 Å². The summed E-state index contributed by atoms with van der Waals surface area (Å²) >= 11 is 0. The van der Waals surface area contributed by atoms with Crippen LogP contribution in [0.5, 0.6) is 5.75 Å². The zero-order valence-electron chi connectivity index (χ0n) is 19.3. The molecule has 2 aliphatic rings. The molecule has 3 heterocycles. The van der Waals surface area contributed by atoms with Crippen molar-refractivity contribution in [3.63, 3.8) is 0 Å². The van der Waals surface area contributed by atoms with Gasteiger partial charge in [0.25, 0.3) is 11.8 Å². The van der Waals surface area contributed by atoms with Gasteiger partial charge in [-0.25, -0.2) is 4.68 Å². The first kappa shape index (κ1) is 22.1. The van der Waals surface area contributed by atoms with Gasteiger partial charge in [-0.15, -0.1) is 5.10 Å². The van der Waals surface area contributed by atoms with Crippen LogP contribution < -0.4 is 4.74 Å². The molecule has 5 rings (SSSR count). The lowest BCUT2D eigenvalue weighted by Gasteiger charge is -2.34. The Labute approximate surface area is 197 Å². The number of carbonyl (C=O) groups excluding carboxylic acids is 2. The Balaban J connectivity index is 1.21. The molecule has 0 aliphatic carbocycles. The van der Waals surface area contributed by atoms with E-state index in [2.05, 4.69) is 10.3 Å². The molecule has 1 aromatic heterocycles. The smallest absolute Gasteiger partial charge is 0.276 e. The fraction of sp³-hybridized carbons (Fsp3) is 0.360. The van der Waals surface area contributed by atoms with Crippen molar-refractivity contribution in [3.8, 4) is 5.75 Å². The average Bonchev–Trinajstić information content (AvgIpc) is 3.32. The minimum atomic E-state index is -0.171. The number of piperazine rings is 1. The summed E-state index contributed by atoms with van der Waals surface area (Å²) in [5, 5.41) is 8.40. The maximum Gasteiger partial charge on any atom is 0.276 e. The highest BCUT2D eigenvalue weighted by Crippen LogP contribution is 2.28. The Bertz CT molecular complexity index is 1180. The molecule has 0 N–H and O–H groups in total. The first-order valence-electron chi connectivity index (χ1n) is 11.4. The number of aryl methyl sites for hydroxylation is 1. The van der Waals surface area contributed by atoms with Crippen LogP contribution in [-0.4, -0.2) is 69.9 Å². The van der Waals surface area contributed by atoms with Crippen molar-refractivity contribution in [1.82, 2.24) is 24.8 Å². The normalized spacial score (nSPS) is 17.9. The number of methoxy groups -OCH3 is 1. The zero-order valence-corrected chi connectivity index (χ0v) is 19.3. The summed E-state index contributed by atoms with van der Waals surface area (Å²) in [6, 6.07) is 15.3. The Morgan fingerprint density at radius 2 is 1.59 bits per heavy atom. The van der Waals surface area contributed by atoms with Gasteiger partial charge in [0.15, 0.2) is 5.69 Å². The number of nitrogens with zero attached hydrogens (tertiary/aromatic N) is 5. The van der Waals surface area contributed by atoms with E-state index in [1.807, 2.05) is 55.5 Å². The van der Waals surface area contributed by atoms with Crippen molar-refractivity contribution >= 4 is 11.8 Å². The SMILES string of the molecule is COc1ccc([C@H]2Cn3nnc(C(=O)N4CCN(C(=O)c5ccc(C)cc5)CC4)c3CO2)cc1. The maximum atomic E-state index is 13.2. The second kappa shape index (κ2) is 9.26. The monoisotopic (exact) mass is 461 g/mol. The van der Waals surface area contributed by atoms with Crippen molar-refractivity contribution in [2.24, 2.45) is 0 Å². The number of rotatable bonds is 4. The number of hydrogen-bond acceptors (Lipinski definition) is 6. The summed E-state index contributed by atoms with van der Waals surface area (Å²) in [4.78, 5) is 29.5. The number of amides is 2. The van der Waals surface area contributed by atoms with Gasteiger partial charge in [-0.1, -0.05) is 35.0 Å². The van der Waals surface area contributed by atoms with Gasteiger partial charge < -0.3 is 19.3 Å². The highest BCUT2D eigenvalue weighted by molar-refractivity contribution is 5.95. The van der Waals surface area contributed by atoms with E-state index in [0.29, 0.717) is 49.7 Å². The van der Waals surface area contributed by atoms with E-state index in [0.717, 1.165) is 16.9 Å². The third kappa shape index (κ3) is 4.26. The molecular weight excluding hydrogens is 434 g/mol. The molecule has 2 aliphatic heterocycles. The van der Waals surface area contributed by atoms with Gasteiger partial charge in [0.2, 0.25) is 0 Å². The average molecular weight is 462 g/mol. The van der Waals surface area contributed by atoms with Crippen LogP contribution in [0.4, 0.5) is 0 Å². The first-order chi connectivity index (χ1) is 16.5. The minimum Gasteiger partial charge on any atom is -0.497 e. The summed E-state index contributed by atoms with van der Waals surface area (Å²) in [7, 11) is 1.63. The Morgan fingerprint density at radius 3 is 2.24 bits per heavy atom. The molecule has 0 saturated carbocycles. The molecule has 1 atom stereocenters. The van der Waals surface area contributed by atoms with Gasteiger partial charge >= 0.3 is 0 Å². The molecule has 0 radical (unpaired) electrons. The van der Waals surface area contributed by atoms with Crippen molar-refractivity contribution in [1.29, 1.82) is 0 Å². The van der Waals surface area contributed by atoms with E-state index < -0.39 is 0 Å². The van der Waals surface area contributed by atoms with E-state index >= 15 is 0 Å². The summed E-state index contributed by atoms with van der Waals surface area (Å²) in [6.45, 7) is 4.62. The molecule has 9 nitrogen and oxygen atoms in total. The van der Waals surface area contributed by atoms with Crippen LogP contribution in [0.25, 0.3) is 0 Å². The van der Waals surface area contributed by atoms with Crippen LogP contribution in [0.2, 0.25) is 0 Å². The van der Waals surface area contributed by atoms with Gasteiger partial charge in [-0.2, -0.15) is 0 Å². The fourth-order valence-electron chi connectivity index (χ4n) is 4.34. The fourth-order valence-corrected chi connectivity index (χ4v) is 4.34. The number of benzene rings is 2. The molecule has 0 unspecified atom stereocenters. The van der Waals surface area contributed by atoms with E-state index in [9.17, 15) is 9.59 Å². The second-order valence-corrected chi connectivity index (χ2v) is 8.59. The van der Waals surface area contributed by atoms with E-state index in [-0.39, 0.29) is 24.5 Å². The standard InChI is InChI=1S/C25H27N5O4/c1-17-3-5-19(6-4-17)24(31)28-11-13-29(14-12-28)25(32)23-21-16-34-22(15-30(21)27-26-23)18-7-9-20(33-2)10-8-18/h3-10,22H,11-16H2,1-2H3/t22-/m1/s1. The molecule has 34 heavy (non-hydrogen) atoms. The number of hydrogen-bond donors (Lipinski definition) is 0. The molecule has 1 saturated heterocycles. The summed E-state index contributed by atoms with van der Waals surface area (Å²) in [6.07, 6.45) is -0.167. The topological polar surface area (TPSA) is 89.8 Å². The lowest BCUT2D eigenvalue weighted by Crippen LogP contribution is -2.50. The molecule has 2 aromatic carbocycles. The number of carbonyl (C=O) groups is 2. The molecule has 2 amide bonds.